The van der Waals surface area contributed by atoms with E-state index in [4.69, 9.17) is 0 Å². The van der Waals surface area contributed by atoms with Crippen LogP contribution in [0.4, 0.5) is 19.0 Å². The van der Waals surface area contributed by atoms with E-state index >= 15 is 0 Å². The van der Waals surface area contributed by atoms with Gasteiger partial charge < -0.3 is 4.90 Å². The van der Waals surface area contributed by atoms with Gasteiger partial charge in [0.05, 0.1) is 0 Å². The van der Waals surface area contributed by atoms with Gasteiger partial charge >= 0.3 is 6.18 Å². The van der Waals surface area contributed by atoms with Crippen LogP contribution in [-0.4, -0.2) is 53.3 Å². The van der Waals surface area contributed by atoms with Crippen molar-refractivity contribution in [1.82, 2.24) is 14.9 Å². The summed E-state index contributed by atoms with van der Waals surface area (Å²) < 4.78 is 38.6. The van der Waals surface area contributed by atoms with Crippen LogP contribution >= 0.6 is 0 Å². The topological polar surface area (TPSA) is 32.3 Å². The minimum atomic E-state index is -4.16. The lowest BCUT2D eigenvalue weighted by atomic mass is 9.96. The van der Waals surface area contributed by atoms with Crippen molar-refractivity contribution in [3.63, 3.8) is 0 Å². The number of nitrogens with zero attached hydrogens (tertiary/aromatic N) is 4. The average Bonchev–Trinajstić information content (AvgIpc) is 2.52. The molecule has 128 valence electrons. The first-order chi connectivity index (χ1) is 10.9. The molecule has 4 nitrogen and oxygen atoms in total. The number of halogens is 3. The maximum absolute atomic E-state index is 12.9. The maximum atomic E-state index is 12.9. The highest BCUT2D eigenvalue weighted by Crippen LogP contribution is 2.30. The molecule has 1 aromatic rings. The number of rotatable bonds is 2. The zero-order valence-corrected chi connectivity index (χ0v) is 13.7. The molecule has 1 saturated heterocycles. The Balaban J connectivity index is 1.74. The van der Waals surface area contributed by atoms with Gasteiger partial charge in [0.2, 0.25) is 0 Å². The Morgan fingerprint density at radius 1 is 1.00 bits per heavy atom. The molecule has 1 aliphatic heterocycles. The predicted molar refractivity (Wildman–Crippen MR) is 82.7 cm³/mol. The fourth-order valence-corrected chi connectivity index (χ4v) is 3.48. The SMILES string of the molecule is Cc1nc2c(c(N3CCN(C(C)C(F)(F)F)CC3)n1)CCCC2. The van der Waals surface area contributed by atoms with Crippen molar-refractivity contribution in [2.45, 2.75) is 51.7 Å². The van der Waals surface area contributed by atoms with Crippen LogP contribution in [0.3, 0.4) is 0 Å². The fourth-order valence-electron chi connectivity index (χ4n) is 3.48. The Kier molecular flexibility index (Phi) is 4.49. The van der Waals surface area contributed by atoms with Gasteiger partial charge in [0.25, 0.3) is 0 Å². The zero-order valence-electron chi connectivity index (χ0n) is 13.7. The molecule has 7 heteroatoms. The van der Waals surface area contributed by atoms with Gasteiger partial charge in [-0.2, -0.15) is 13.2 Å². The minimum absolute atomic E-state index is 0.415. The summed E-state index contributed by atoms with van der Waals surface area (Å²) in [4.78, 5) is 12.8. The molecule has 0 bridgehead atoms. The molecule has 0 N–H and O–H groups in total. The fraction of sp³-hybridized carbons (Fsp3) is 0.750. The summed E-state index contributed by atoms with van der Waals surface area (Å²) in [6.07, 6.45) is 0.0883. The van der Waals surface area contributed by atoms with E-state index in [1.807, 2.05) is 6.92 Å². The first-order valence-corrected chi connectivity index (χ1v) is 8.28. The van der Waals surface area contributed by atoms with Gasteiger partial charge in [-0.1, -0.05) is 0 Å². The smallest absolute Gasteiger partial charge is 0.354 e. The average molecular weight is 328 g/mol. The van der Waals surface area contributed by atoms with Gasteiger partial charge in [-0.15, -0.1) is 0 Å². The van der Waals surface area contributed by atoms with E-state index in [1.54, 1.807) is 0 Å². The molecular weight excluding hydrogens is 305 g/mol. The molecule has 3 rings (SSSR count). The van der Waals surface area contributed by atoms with Crippen LogP contribution in [0.2, 0.25) is 0 Å². The van der Waals surface area contributed by atoms with Crippen LogP contribution in [0, 0.1) is 6.92 Å². The molecule has 23 heavy (non-hydrogen) atoms. The van der Waals surface area contributed by atoms with Crippen molar-refractivity contribution in [3.8, 4) is 0 Å². The summed E-state index contributed by atoms with van der Waals surface area (Å²) in [5.74, 6) is 1.71. The summed E-state index contributed by atoms with van der Waals surface area (Å²) in [6, 6.07) is -1.38. The van der Waals surface area contributed by atoms with Gasteiger partial charge in [0.1, 0.15) is 17.7 Å². The summed E-state index contributed by atoms with van der Waals surface area (Å²) in [7, 11) is 0. The number of aryl methyl sites for hydroxylation is 2. The molecular formula is C16H23F3N4. The highest BCUT2D eigenvalue weighted by molar-refractivity contribution is 5.50. The van der Waals surface area contributed by atoms with Crippen molar-refractivity contribution < 1.29 is 13.2 Å². The number of alkyl halides is 3. The third-order valence-corrected chi connectivity index (χ3v) is 4.91. The van der Waals surface area contributed by atoms with Gasteiger partial charge in [-0.3, -0.25) is 4.90 Å². The summed E-state index contributed by atoms with van der Waals surface area (Å²) in [5.41, 5.74) is 2.34. The van der Waals surface area contributed by atoms with Crippen molar-refractivity contribution >= 4 is 5.82 Å². The van der Waals surface area contributed by atoms with Crippen LogP contribution in [0.5, 0.6) is 0 Å². The van der Waals surface area contributed by atoms with Crippen molar-refractivity contribution in [2.24, 2.45) is 0 Å². The van der Waals surface area contributed by atoms with Crippen LogP contribution < -0.4 is 4.90 Å². The standard InChI is InChI=1S/C16H23F3N4/c1-11(16(17,18)19)22-7-9-23(10-8-22)15-13-5-3-4-6-14(13)20-12(2)21-15/h11H,3-10H2,1-2H3. The Hall–Kier alpha value is -1.37. The van der Waals surface area contributed by atoms with Crippen molar-refractivity contribution in [2.75, 3.05) is 31.1 Å². The first kappa shape index (κ1) is 16.5. The number of aromatic nitrogens is 2. The van der Waals surface area contributed by atoms with Crippen molar-refractivity contribution in [3.05, 3.63) is 17.1 Å². The second kappa shape index (κ2) is 6.26. The third-order valence-electron chi connectivity index (χ3n) is 4.91. The molecule has 1 atom stereocenters. The molecule has 2 aliphatic rings. The molecule has 0 amide bonds. The first-order valence-electron chi connectivity index (χ1n) is 8.28. The second-order valence-electron chi connectivity index (χ2n) is 6.47. The van der Waals surface area contributed by atoms with E-state index in [0.717, 1.165) is 43.0 Å². The van der Waals surface area contributed by atoms with E-state index in [9.17, 15) is 13.2 Å². The van der Waals surface area contributed by atoms with Crippen LogP contribution in [0.1, 0.15) is 36.8 Å². The van der Waals surface area contributed by atoms with Crippen LogP contribution in [0.15, 0.2) is 0 Å². The van der Waals surface area contributed by atoms with Crippen molar-refractivity contribution in [1.29, 1.82) is 0 Å². The molecule has 0 radical (unpaired) electrons. The number of hydrogen-bond donors (Lipinski definition) is 0. The van der Waals surface area contributed by atoms with E-state index in [2.05, 4.69) is 14.9 Å². The Morgan fingerprint density at radius 2 is 1.65 bits per heavy atom. The molecule has 2 heterocycles. The van der Waals surface area contributed by atoms with Gasteiger partial charge in [0, 0.05) is 37.4 Å². The number of piperazine rings is 1. The number of hydrogen-bond acceptors (Lipinski definition) is 4. The Bertz CT molecular complexity index is 565. The molecule has 0 spiro atoms. The van der Waals surface area contributed by atoms with Crippen LogP contribution in [0.25, 0.3) is 0 Å². The molecule has 0 aromatic carbocycles. The van der Waals surface area contributed by atoms with Crippen LogP contribution in [-0.2, 0) is 12.8 Å². The number of anilines is 1. The number of fused-ring (bicyclic) bond motifs is 1. The maximum Gasteiger partial charge on any atom is 0.403 e. The highest BCUT2D eigenvalue weighted by atomic mass is 19.4. The van der Waals surface area contributed by atoms with E-state index < -0.39 is 12.2 Å². The monoisotopic (exact) mass is 328 g/mol. The lowest BCUT2D eigenvalue weighted by Crippen LogP contribution is -2.54. The Morgan fingerprint density at radius 3 is 2.30 bits per heavy atom. The van der Waals surface area contributed by atoms with Gasteiger partial charge in [0.15, 0.2) is 0 Å². The normalized spacial score (nSPS) is 21.2. The molecule has 1 aliphatic carbocycles. The lowest BCUT2D eigenvalue weighted by molar-refractivity contribution is -0.179. The molecule has 1 aromatic heterocycles. The largest absolute Gasteiger partial charge is 0.403 e. The van der Waals surface area contributed by atoms with E-state index in [1.165, 1.54) is 17.4 Å². The predicted octanol–water partition coefficient (Wildman–Crippen LogP) is 2.74. The molecule has 0 saturated carbocycles. The van der Waals surface area contributed by atoms with E-state index in [-0.39, 0.29) is 0 Å². The van der Waals surface area contributed by atoms with Gasteiger partial charge in [-0.25, -0.2) is 9.97 Å². The quantitative estimate of drug-likeness (QED) is 0.836. The summed E-state index contributed by atoms with van der Waals surface area (Å²) in [5, 5.41) is 0. The summed E-state index contributed by atoms with van der Waals surface area (Å²) in [6.45, 7) is 5.14. The molecule has 1 unspecified atom stereocenters. The van der Waals surface area contributed by atoms with E-state index in [0.29, 0.717) is 26.2 Å². The highest BCUT2D eigenvalue weighted by Gasteiger charge is 2.41. The van der Waals surface area contributed by atoms with Gasteiger partial charge in [-0.05, 0) is 39.5 Å². The Labute approximate surface area is 134 Å². The molecule has 1 fully saturated rings. The zero-order chi connectivity index (χ0) is 16.6. The minimum Gasteiger partial charge on any atom is -0.354 e. The third kappa shape index (κ3) is 3.44. The lowest BCUT2D eigenvalue weighted by Gasteiger charge is -2.40. The summed E-state index contributed by atoms with van der Waals surface area (Å²) >= 11 is 0. The second-order valence-corrected chi connectivity index (χ2v) is 6.47.